The van der Waals surface area contributed by atoms with Crippen LogP contribution in [0.25, 0.3) is 0 Å². The van der Waals surface area contributed by atoms with E-state index in [2.05, 4.69) is 0 Å². The summed E-state index contributed by atoms with van der Waals surface area (Å²) >= 11 is -11.2. The molecule has 0 bridgehead atoms. The topological polar surface area (TPSA) is 223 Å². The Morgan fingerprint density at radius 1 is 0.706 bits per heavy atom. The van der Waals surface area contributed by atoms with Gasteiger partial charge in [0.2, 0.25) is 0 Å². The van der Waals surface area contributed by atoms with E-state index in [1.54, 1.807) is 0 Å². The molecule has 0 saturated carbocycles. The average molecular weight is 414 g/mol. The SMILES string of the molecule is O=S(=O)(O)O.[K+].[K+].[O]=[Mn](=[O])(=[O])[O-].[O]=[Mn](=[O])(=[O])[O-]. The van der Waals surface area contributed by atoms with Crippen LogP contribution in [0.4, 0.5) is 0 Å². The molecule has 0 fully saturated rings. The van der Waals surface area contributed by atoms with Crippen LogP contribution in [0.1, 0.15) is 0 Å². The molecule has 0 aromatic heterocycles. The predicted octanol–water partition coefficient (Wildman–Crippen LogP) is -9.74. The standard InChI is InChI=1S/2K.2Mn.H2O4S.8O/c;;;;1-5(2,3)4;;;;;;;;/h;;;;(H2,1,2,3,4);;;;;;;;/q2*+1;;;;;;;;;;2*-1. The van der Waals surface area contributed by atoms with Crippen molar-refractivity contribution in [1.29, 1.82) is 0 Å². The molecule has 0 heterocycles. The van der Waals surface area contributed by atoms with E-state index in [0.717, 1.165) is 0 Å². The van der Waals surface area contributed by atoms with Crippen molar-refractivity contribution in [2.75, 3.05) is 0 Å². The minimum atomic E-state index is -5.62. The van der Waals surface area contributed by atoms with Crippen molar-refractivity contribution in [2.24, 2.45) is 0 Å². The summed E-state index contributed by atoms with van der Waals surface area (Å²) < 4.78 is 100. The Labute approximate surface area is 183 Å². The summed E-state index contributed by atoms with van der Waals surface area (Å²) in [5.41, 5.74) is 0. The summed E-state index contributed by atoms with van der Waals surface area (Å²) in [6.45, 7) is 0. The minimum absolute atomic E-state index is 0. The normalized spacial score (nSPS) is 10.1. The predicted molar refractivity (Wildman–Crippen MR) is 18.3 cm³/mol. The van der Waals surface area contributed by atoms with Crippen LogP contribution in [0.5, 0.6) is 0 Å². The van der Waals surface area contributed by atoms with E-state index in [4.69, 9.17) is 48.9 Å². The van der Waals surface area contributed by atoms with E-state index in [-0.39, 0.29) is 103 Å². The fourth-order valence-electron chi connectivity index (χ4n) is 0. The molecule has 0 unspecified atom stereocenters. The van der Waals surface area contributed by atoms with Gasteiger partial charge in [-0.2, -0.15) is 8.42 Å². The van der Waals surface area contributed by atoms with Crippen LogP contribution in [-0.4, -0.2) is 17.5 Å². The third-order valence-electron chi connectivity index (χ3n) is 0. The first-order valence-corrected chi connectivity index (χ1v) is 7.19. The second-order valence-electron chi connectivity index (χ2n) is 1.20. The van der Waals surface area contributed by atoms with Gasteiger partial charge in [-0.3, -0.25) is 9.11 Å². The Morgan fingerprint density at radius 2 is 0.706 bits per heavy atom. The summed E-state index contributed by atoms with van der Waals surface area (Å²) in [5, 5.41) is 0. The number of rotatable bonds is 0. The van der Waals surface area contributed by atoms with Gasteiger partial charge in [0, 0.05) is 0 Å². The second kappa shape index (κ2) is 13.9. The zero-order chi connectivity index (χ0) is 13.5. The maximum atomic E-state index is 8.74. The van der Waals surface area contributed by atoms with Gasteiger partial charge < -0.3 is 0 Å². The summed E-state index contributed by atoms with van der Waals surface area (Å²) in [6.07, 6.45) is 0. The van der Waals surface area contributed by atoms with Gasteiger partial charge in [0.25, 0.3) is 0 Å². The average Bonchev–Trinajstić information content (AvgIpc) is 1.41. The molecule has 0 atom stereocenters. The fourth-order valence-corrected chi connectivity index (χ4v) is 0. The fraction of sp³-hybridized carbons (Fsp3) is 0. The zero-order valence-corrected chi connectivity index (χ0v) is 17.6. The first kappa shape index (κ1) is 32.0. The van der Waals surface area contributed by atoms with Crippen LogP contribution in [0.3, 0.4) is 0 Å². The van der Waals surface area contributed by atoms with Crippen LogP contribution < -0.4 is 111 Å². The number of hydrogen-bond donors (Lipinski definition) is 2. The molecular formula is H2K2Mn2O12S. The molecule has 0 rings (SSSR count). The third kappa shape index (κ3) is 641. The van der Waals surface area contributed by atoms with Crippen LogP contribution in [0, 0.1) is 0 Å². The van der Waals surface area contributed by atoms with Gasteiger partial charge in [0.15, 0.2) is 0 Å². The molecule has 0 saturated heterocycles. The number of hydrogen-bond acceptors (Lipinski definition) is 10. The summed E-state index contributed by atoms with van der Waals surface area (Å²) in [6, 6.07) is 0. The van der Waals surface area contributed by atoms with Crippen molar-refractivity contribution < 1.29 is 178 Å². The van der Waals surface area contributed by atoms with Crippen molar-refractivity contribution in [2.45, 2.75) is 0 Å². The summed E-state index contributed by atoms with van der Waals surface area (Å²) in [5.74, 6) is 0. The second-order valence-corrected chi connectivity index (χ2v) is 4.46. The van der Waals surface area contributed by atoms with Crippen molar-refractivity contribution in [3.05, 3.63) is 0 Å². The Morgan fingerprint density at radius 3 is 0.706 bits per heavy atom. The molecule has 17 heavy (non-hydrogen) atoms. The van der Waals surface area contributed by atoms with E-state index >= 15 is 0 Å². The van der Waals surface area contributed by atoms with Gasteiger partial charge in [0.05, 0.1) is 0 Å². The maximum absolute atomic E-state index is 8.74. The molecule has 0 aromatic carbocycles. The van der Waals surface area contributed by atoms with Gasteiger partial charge in [-0.05, 0) is 0 Å². The van der Waals surface area contributed by atoms with Crippen LogP contribution in [0.2, 0.25) is 0 Å². The Balaban J connectivity index is -0.0000000400. The molecule has 96 valence electrons. The molecule has 12 nitrogen and oxygen atoms in total. The first-order valence-electron chi connectivity index (χ1n) is 1.93. The van der Waals surface area contributed by atoms with E-state index in [1.165, 1.54) is 0 Å². The van der Waals surface area contributed by atoms with E-state index in [1.807, 2.05) is 0 Å². The Hall–Kier alpha value is 2.90. The zero-order valence-electron chi connectivity index (χ0n) is 8.14. The van der Waals surface area contributed by atoms with E-state index in [0.29, 0.717) is 0 Å². The molecule has 2 N–H and O–H groups in total. The van der Waals surface area contributed by atoms with Crippen molar-refractivity contribution in [3.63, 3.8) is 0 Å². The van der Waals surface area contributed by atoms with Gasteiger partial charge in [0.1, 0.15) is 0 Å². The van der Waals surface area contributed by atoms with E-state index in [9.17, 15) is 0 Å². The molecule has 0 aliphatic carbocycles. The van der Waals surface area contributed by atoms with Crippen LogP contribution in [-0.2, 0) is 59.3 Å². The molecule has 0 aliphatic heterocycles. The molecule has 0 spiro atoms. The quantitative estimate of drug-likeness (QED) is 0.278. The molecule has 0 amide bonds. The molecule has 0 aromatic rings. The molecule has 0 aliphatic rings. The summed E-state index contributed by atoms with van der Waals surface area (Å²) in [4.78, 5) is 0. The van der Waals surface area contributed by atoms with Crippen molar-refractivity contribution >= 4 is 10.4 Å². The van der Waals surface area contributed by atoms with E-state index < -0.39 is 36.3 Å². The van der Waals surface area contributed by atoms with Crippen LogP contribution in [0.15, 0.2) is 0 Å². The third-order valence-corrected chi connectivity index (χ3v) is 0. The Bertz CT molecular complexity index is 485. The molecule has 17 heteroatoms. The van der Waals surface area contributed by atoms with Crippen molar-refractivity contribution in [3.8, 4) is 0 Å². The monoisotopic (exact) mass is 414 g/mol. The van der Waals surface area contributed by atoms with Crippen LogP contribution >= 0.6 is 0 Å². The Kier molecular flexibility index (Phi) is 26.1. The molecular weight excluding hydrogens is 412 g/mol. The first-order chi connectivity index (χ1) is 6.00. The van der Waals surface area contributed by atoms with Gasteiger partial charge in [-0.15, -0.1) is 0 Å². The van der Waals surface area contributed by atoms with Gasteiger partial charge in [-0.25, -0.2) is 0 Å². The van der Waals surface area contributed by atoms with Crippen molar-refractivity contribution in [1.82, 2.24) is 0 Å². The molecule has 0 radical (unpaired) electrons. The van der Waals surface area contributed by atoms with Gasteiger partial charge >= 0.3 is 170 Å². The summed E-state index contributed by atoms with van der Waals surface area (Å²) in [7, 11) is -4.67. The van der Waals surface area contributed by atoms with Gasteiger partial charge in [-0.1, -0.05) is 0 Å².